The Hall–Kier alpha value is -2.03. The van der Waals surface area contributed by atoms with Crippen molar-refractivity contribution >= 4 is 5.91 Å². The lowest BCUT2D eigenvalue weighted by Gasteiger charge is -2.33. The van der Waals surface area contributed by atoms with E-state index in [4.69, 9.17) is 18.9 Å². The number of hydrogen-bond donors (Lipinski definition) is 1. The smallest absolute Gasteiger partial charge is 0.260 e. The summed E-state index contributed by atoms with van der Waals surface area (Å²) in [6, 6.07) is 5.22. The van der Waals surface area contributed by atoms with E-state index in [1.54, 1.807) is 23.1 Å². The van der Waals surface area contributed by atoms with Crippen molar-refractivity contribution in [1.29, 1.82) is 0 Å². The Labute approximate surface area is 158 Å². The van der Waals surface area contributed by atoms with Crippen molar-refractivity contribution in [3.63, 3.8) is 0 Å². The summed E-state index contributed by atoms with van der Waals surface area (Å²) < 4.78 is 21.8. The highest BCUT2D eigenvalue weighted by Gasteiger charge is 2.36. The molecule has 0 spiro atoms. The van der Waals surface area contributed by atoms with E-state index >= 15 is 0 Å². The third-order valence-corrected chi connectivity index (χ3v) is 5.14. The molecular weight excluding hydrogens is 352 g/mol. The largest absolute Gasteiger partial charge is 0.484 e. The van der Waals surface area contributed by atoms with Gasteiger partial charge < -0.3 is 33.9 Å². The van der Waals surface area contributed by atoms with Crippen LogP contribution in [-0.4, -0.2) is 85.8 Å². The number of amides is 1. The topological polar surface area (TPSA) is 80.7 Å². The van der Waals surface area contributed by atoms with Crippen molar-refractivity contribution in [2.75, 3.05) is 59.3 Å². The first-order valence-electron chi connectivity index (χ1n) is 9.44. The van der Waals surface area contributed by atoms with E-state index < -0.39 is 5.60 Å². The standard InChI is InChI=1S/C19H26N2O6/c22-18(10-25-15-3-4-16-17(9-15)27-14-26-16)21-7-8-24-13-19(23,12-21)11-20-5-1-2-6-20/h3-4,9,23H,1-2,5-8,10-14H2/t19-/m0/s1. The lowest BCUT2D eigenvalue weighted by atomic mass is 10.0. The third-order valence-electron chi connectivity index (χ3n) is 5.14. The molecule has 148 valence electrons. The molecule has 1 N–H and O–H groups in total. The first-order chi connectivity index (χ1) is 13.1. The van der Waals surface area contributed by atoms with Crippen molar-refractivity contribution in [1.82, 2.24) is 9.80 Å². The number of nitrogens with zero attached hydrogens (tertiary/aromatic N) is 2. The van der Waals surface area contributed by atoms with Crippen molar-refractivity contribution < 1.29 is 28.8 Å². The molecule has 2 saturated heterocycles. The summed E-state index contributed by atoms with van der Waals surface area (Å²) in [5.74, 6) is 1.66. The maximum atomic E-state index is 12.6. The SMILES string of the molecule is O=C(COc1ccc2c(c1)OCO2)N1CCOC[C@](O)(CN2CCCC2)C1. The van der Waals surface area contributed by atoms with Gasteiger partial charge in [-0.2, -0.15) is 0 Å². The van der Waals surface area contributed by atoms with Gasteiger partial charge in [0.15, 0.2) is 18.1 Å². The molecule has 0 radical (unpaired) electrons. The van der Waals surface area contributed by atoms with Crippen LogP contribution in [0.5, 0.6) is 17.2 Å². The van der Waals surface area contributed by atoms with Crippen molar-refractivity contribution in [3.8, 4) is 17.2 Å². The highest BCUT2D eigenvalue weighted by Crippen LogP contribution is 2.35. The van der Waals surface area contributed by atoms with Crippen LogP contribution in [0.3, 0.4) is 0 Å². The number of likely N-dealkylation sites (tertiary alicyclic amines) is 1. The van der Waals surface area contributed by atoms with Gasteiger partial charge in [-0.15, -0.1) is 0 Å². The lowest BCUT2D eigenvalue weighted by Crippen LogP contribution is -2.53. The predicted molar refractivity (Wildman–Crippen MR) is 96.1 cm³/mol. The molecule has 1 amide bonds. The number of ether oxygens (including phenoxy) is 4. The summed E-state index contributed by atoms with van der Waals surface area (Å²) in [6.07, 6.45) is 2.31. The average Bonchev–Trinajstić information content (AvgIpc) is 3.29. The Balaban J connectivity index is 1.34. The Morgan fingerprint density at radius 3 is 2.85 bits per heavy atom. The van der Waals surface area contributed by atoms with Crippen LogP contribution in [0.15, 0.2) is 18.2 Å². The summed E-state index contributed by atoms with van der Waals surface area (Å²) in [5, 5.41) is 11.0. The number of rotatable bonds is 5. The van der Waals surface area contributed by atoms with Crippen LogP contribution in [0.2, 0.25) is 0 Å². The minimum Gasteiger partial charge on any atom is -0.484 e. The number of carbonyl (C=O) groups excluding carboxylic acids is 1. The van der Waals surface area contributed by atoms with Crippen molar-refractivity contribution in [2.45, 2.75) is 18.4 Å². The second-order valence-corrected chi connectivity index (χ2v) is 7.38. The molecule has 1 atom stereocenters. The van der Waals surface area contributed by atoms with Gasteiger partial charge in [-0.1, -0.05) is 0 Å². The van der Waals surface area contributed by atoms with Crippen molar-refractivity contribution in [2.24, 2.45) is 0 Å². The molecule has 1 aromatic carbocycles. The molecule has 3 aliphatic rings. The zero-order chi connectivity index (χ0) is 18.7. The number of benzene rings is 1. The van der Waals surface area contributed by atoms with E-state index in [1.165, 1.54) is 0 Å². The highest BCUT2D eigenvalue weighted by atomic mass is 16.7. The van der Waals surface area contributed by atoms with E-state index in [2.05, 4.69) is 4.90 Å². The number of fused-ring (bicyclic) bond motifs is 1. The van der Waals surface area contributed by atoms with Gasteiger partial charge in [-0.3, -0.25) is 4.79 Å². The second kappa shape index (κ2) is 7.92. The fourth-order valence-electron chi connectivity index (χ4n) is 3.79. The molecule has 0 aromatic heterocycles. The zero-order valence-corrected chi connectivity index (χ0v) is 15.4. The average molecular weight is 378 g/mol. The first-order valence-corrected chi connectivity index (χ1v) is 9.44. The monoisotopic (exact) mass is 378 g/mol. The Bertz CT molecular complexity index is 678. The Kier molecular flexibility index (Phi) is 5.38. The van der Waals surface area contributed by atoms with Crippen LogP contribution in [0, 0.1) is 0 Å². The first kappa shape index (κ1) is 18.3. The van der Waals surface area contributed by atoms with Gasteiger partial charge in [-0.05, 0) is 38.1 Å². The van der Waals surface area contributed by atoms with Gasteiger partial charge in [0, 0.05) is 19.2 Å². The van der Waals surface area contributed by atoms with Crippen LogP contribution >= 0.6 is 0 Å². The fourth-order valence-corrected chi connectivity index (χ4v) is 3.79. The van der Waals surface area contributed by atoms with E-state index in [0.717, 1.165) is 25.9 Å². The predicted octanol–water partition coefficient (Wildman–Crippen LogP) is 0.480. The van der Waals surface area contributed by atoms with Gasteiger partial charge in [0.05, 0.1) is 19.8 Å². The van der Waals surface area contributed by atoms with E-state index in [1.807, 2.05) is 0 Å². The van der Waals surface area contributed by atoms with Crippen LogP contribution in [-0.2, 0) is 9.53 Å². The highest BCUT2D eigenvalue weighted by molar-refractivity contribution is 5.78. The van der Waals surface area contributed by atoms with Gasteiger partial charge in [0.25, 0.3) is 5.91 Å². The molecule has 3 heterocycles. The molecule has 27 heavy (non-hydrogen) atoms. The van der Waals surface area contributed by atoms with E-state index in [-0.39, 0.29) is 32.5 Å². The summed E-state index contributed by atoms with van der Waals surface area (Å²) in [7, 11) is 0. The van der Waals surface area contributed by atoms with Crippen LogP contribution in [0.25, 0.3) is 0 Å². The van der Waals surface area contributed by atoms with Crippen LogP contribution in [0.4, 0.5) is 0 Å². The molecular formula is C19H26N2O6. The molecule has 8 heteroatoms. The molecule has 4 rings (SSSR count). The molecule has 0 bridgehead atoms. The fraction of sp³-hybridized carbons (Fsp3) is 0.632. The van der Waals surface area contributed by atoms with E-state index in [0.29, 0.717) is 36.9 Å². The van der Waals surface area contributed by atoms with Gasteiger partial charge in [-0.25, -0.2) is 0 Å². The summed E-state index contributed by atoms with van der Waals surface area (Å²) in [5.41, 5.74) is -1.05. The molecule has 3 aliphatic heterocycles. The number of β-amino-alcohol motifs (C(OH)–C–C–N with tert-alkyl or cyclic N) is 1. The van der Waals surface area contributed by atoms with Gasteiger partial charge >= 0.3 is 0 Å². The Morgan fingerprint density at radius 1 is 1.19 bits per heavy atom. The quantitative estimate of drug-likeness (QED) is 0.798. The number of aliphatic hydroxyl groups is 1. The zero-order valence-electron chi connectivity index (χ0n) is 15.4. The summed E-state index contributed by atoms with van der Waals surface area (Å²) in [4.78, 5) is 16.5. The second-order valence-electron chi connectivity index (χ2n) is 7.38. The van der Waals surface area contributed by atoms with Crippen molar-refractivity contribution in [3.05, 3.63) is 18.2 Å². The molecule has 1 aromatic rings. The summed E-state index contributed by atoms with van der Waals surface area (Å²) >= 11 is 0. The molecule has 8 nitrogen and oxygen atoms in total. The maximum absolute atomic E-state index is 12.6. The molecule has 0 aliphatic carbocycles. The molecule has 0 saturated carbocycles. The number of hydrogen-bond acceptors (Lipinski definition) is 7. The van der Waals surface area contributed by atoms with Crippen LogP contribution < -0.4 is 14.2 Å². The normalized spacial score (nSPS) is 25.4. The minimum absolute atomic E-state index is 0.0978. The summed E-state index contributed by atoms with van der Waals surface area (Å²) in [6.45, 7) is 3.97. The maximum Gasteiger partial charge on any atom is 0.260 e. The number of carbonyl (C=O) groups is 1. The van der Waals surface area contributed by atoms with Crippen LogP contribution in [0.1, 0.15) is 12.8 Å². The van der Waals surface area contributed by atoms with Gasteiger partial charge in [0.1, 0.15) is 11.4 Å². The third kappa shape index (κ3) is 4.45. The minimum atomic E-state index is -1.05. The molecule has 2 fully saturated rings. The van der Waals surface area contributed by atoms with Gasteiger partial charge in [0.2, 0.25) is 6.79 Å². The van der Waals surface area contributed by atoms with E-state index in [9.17, 15) is 9.90 Å². The Morgan fingerprint density at radius 2 is 2.00 bits per heavy atom. The molecule has 0 unspecified atom stereocenters. The lowest BCUT2D eigenvalue weighted by molar-refractivity contribution is -0.136.